The summed E-state index contributed by atoms with van der Waals surface area (Å²) in [7, 11) is 0. The molecule has 1 rings (SSSR count). The lowest BCUT2D eigenvalue weighted by Crippen LogP contribution is -2.34. The zero-order valence-electron chi connectivity index (χ0n) is 12.0. The molecular formula is C16H27NS. The molecule has 0 aliphatic rings. The minimum atomic E-state index is 0.613. The van der Waals surface area contributed by atoms with Gasteiger partial charge in [0, 0.05) is 11.8 Å². The Balaban J connectivity index is 2.51. The second-order valence-electron chi connectivity index (χ2n) is 4.68. The maximum Gasteiger partial charge on any atom is 0.0198 e. The molecule has 1 unspecified atom stereocenters. The number of benzene rings is 1. The largest absolute Gasteiger partial charge is 0.313 e. The van der Waals surface area contributed by atoms with E-state index >= 15 is 0 Å². The molecule has 0 aromatic heterocycles. The minimum Gasteiger partial charge on any atom is -0.313 e. The lowest BCUT2D eigenvalue weighted by Gasteiger charge is -2.18. The molecule has 0 aliphatic heterocycles. The van der Waals surface area contributed by atoms with E-state index in [1.165, 1.54) is 29.1 Å². The monoisotopic (exact) mass is 265 g/mol. The SMILES string of the molecule is CCCNC(CSCC)Cc1ccc(CC)cc1. The van der Waals surface area contributed by atoms with E-state index < -0.39 is 0 Å². The Bertz CT molecular complexity index is 299. The van der Waals surface area contributed by atoms with Gasteiger partial charge < -0.3 is 5.32 Å². The molecule has 2 heteroatoms. The zero-order chi connectivity index (χ0) is 13.2. The molecule has 0 aliphatic carbocycles. The summed E-state index contributed by atoms with van der Waals surface area (Å²) < 4.78 is 0. The second-order valence-corrected chi connectivity index (χ2v) is 6.00. The highest BCUT2D eigenvalue weighted by Crippen LogP contribution is 2.11. The summed E-state index contributed by atoms with van der Waals surface area (Å²) in [6.07, 6.45) is 3.49. The lowest BCUT2D eigenvalue weighted by atomic mass is 10.0. The Morgan fingerprint density at radius 1 is 1.06 bits per heavy atom. The van der Waals surface area contributed by atoms with E-state index in [4.69, 9.17) is 0 Å². The number of thioether (sulfide) groups is 1. The first-order valence-electron chi connectivity index (χ1n) is 7.19. The van der Waals surface area contributed by atoms with Crippen LogP contribution in [0.3, 0.4) is 0 Å². The molecule has 1 aromatic rings. The van der Waals surface area contributed by atoms with Gasteiger partial charge in [0.15, 0.2) is 0 Å². The molecule has 18 heavy (non-hydrogen) atoms. The van der Waals surface area contributed by atoms with Gasteiger partial charge >= 0.3 is 0 Å². The summed E-state index contributed by atoms with van der Waals surface area (Å²) in [5.41, 5.74) is 2.89. The van der Waals surface area contributed by atoms with Gasteiger partial charge in [-0.2, -0.15) is 11.8 Å². The van der Waals surface area contributed by atoms with Crippen LogP contribution in [0.5, 0.6) is 0 Å². The van der Waals surface area contributed by atoms with Crippen molar-refractivity contribution in [2.75, 3.05) is 18.1 Å². The molecule has 0 radical (unpaired) electrons. The van der Waals surface area contributed by atoms with Crippen LogP contribution >= 0.6 is 11.8 Å². The molecule has 0 fully saturated rings. The van der Waals surface area contributed by atoms with Gasteiger partial charge in [-0.3, -0.25) is 0 Å². The number of rotatable bonds is 9. The van der Waals surface area contributed by atoms with Crippen molar-refractivity contribution in [3.05, 3.63) is 35.4 Å². The number of nitrogens with one attached hydrogen (secondary N) is 1. The van der Waals surface area contributed by atoms with Gasteiger partial charge in [0.2, 0.25) is 0 Å². The van der Waals surface area contributed by atoms with Crippen molar-refractivity contribution in [2.24, 2.45) is 0 Å². The summed E-state index contributed by atoms with van der Waals surface area (Å²) in [4.78, 5) is 0. The Labute approximate surface area is 117 Å². The molecule has 0 spiro atoms. The Kier molecular flexibility index (Phi) is 8.19. The molecule has 102 valence electrons. The van der Waals surface area contributed by atoms with Crippen LogP contribution < -0.4 is 5.32 Å². The third-order valence-corrected chi connectivity index (χ3v) is 4.17. The Morgan fingerprint density at radius 3 is 2.28 bits per heavy atom. The molecule has 1 aromatic carbocycles. The highest BCUT2D eigenvalue weighted by molar-refractivity contribution is 7.99. The summed E-state index contributed by atoms with van der Waals surface area (Å²) >= 11 is 2.03. The topological polar surface area (TPSA) is 12.0 Å². The first kappa shape index (κ1) is 15.6. The van der Waals surface area contributed by atoms with Crippen LogP contribution in [0, 0.1) is 0 Å². The van der Waals surface area contributed by atoms with E-state index in [-0.39, 0.29) is 0 Å². The molecule has 1 N–H and O–H groups in total. The van der Waals surface area contributed by atoms with E-state index in [1.54, 1.807) is 0 Å². The average molecular weight is 265 g/mol. The smallest absolute Gasteiger partial charge is 0.0198 e. The van der Waals surface area contributed by atoms with Crippen LogP contribution in [-0.4, -0.2) is 24.1 Å². The number of hydrogen-bond donors (Lipinski definition) is 1. The molecule has 0 heterocycles. The van der Waals surface area contributed by atoms with Crippen LogP contribution in [0.15, 0.2) is 24.3 Å². The van der Waals surface area contributed by atoms with Crippen LogP contribution in [-0.2, 0) is 12.8 Å². The van der Waals surface area contributed by atoms with E-state index in [2.05, 4.69) is 50.4 Å². The molecule has 1 nitrogen and oxygen atoms in total. The normalized spacial score (nSPS) is 12.6. The molecule has 0 amide bonds. The predicted octanol–water partition coefficient (Wildman–Crippen LogP) is 3.91. The molecule has 0 saturated carbocycles. The summed E-state index contributed by atoms with van der Waals surface area (Å²) in [5, 5.41) is 3.66. The summed E-state index contributed by atoms with van der Waals surface area (Å²) in [6, 6.07) is 9.71. The summed E-state index contributed by atoms with van der Waals surface area (Å²) in [6.45, 7) is 7.80. The number of hydrogen-bond acceptors (Lipinski definition) is 2. The molecule has 1 atom stereocenters. The van der Waals surface area contributed by atoms with Crippen molar-refractivity contribution in [3.8, 4) is 0 Å². The van der Waals surface area contributed by atoms with Crippen LogP contribution in [0.4, 0.5) is 0 Å². The standard InChI is InChI=1S/C16H27NS/c1-4-11-17-16(13-18-6-3)12-15-9-7-14(5-2)8-10-15/h7-10,16-17H,4-6,11-13H2,1-3H3. The van der Waals surface area contributed by atoms with Gasteiger partial charge in [0.25, 0.3) is 0 Å². The van der Waals surface area contributed by atoms with Crippen LogP contribution in [0.1, 0.15) is 38.3 Å². The quantitative estimate of drug-likeness (QED) is 0.726. The highest BCUT2D eigenvalue weighted by Gasteiger charge is 2.08. The van der Waals surface area contributed by atoms with Gasteiger partial charge in [-0.15, -0.1) is 0 Å². The van der Waals surface area contributed by atoms with Crippen LogP contribution in [0.25, 0.3) is 0 Å². The van der Waals surface area contributed by atoms with Crippen molar-refractivity contribution in [1.82, 2.24) is 5.32 Å². The second kappa shape index (κ2) is 9.46. The fourth-order valence-electron chi connectivity index (χ4n) is 1.99. The molecular weight excluding hydrogens is 238 g/mol. The first-order chi connectivity index (χ1) is 8.80. The van der Waals surface area contributed by atoms with Crippen molar-refractivity contribution >= 4 is 11.8 Å². The highest BCUT2D eigenvalue weighted by atomic mass is 32.2. The zero-order valence-corrected chi connectivity index (χ0v) is 12.9. The third-order valence-electron chi connectivity index (χ3n) is 3.12. The van der Waals surface area contributed by atoms with Crippen LogP contribution in [0.2, 0.25) is 0 Å². The molecule has 0 bridgehead atoms. The van der Waals surface area contributed by atoms with E-state index in [9.17, 15) is 0 Å². The van der Waals surface area contributed by atoms with Gasteiger partial charge in [0.1, 0.15) is 0 Å². The lowest BCUT2D eigenvalue weighted by molar-refractivity contribution is 0.550. The minimum absolute atomic E-state index is 0.613. The molecule has 0 saturated heterocycles. The fourth-order valence-corrected chi connectivity index (χ4v) is 2.75. The maximum absolute atomic E-state index is 3.66. The van der Waals surface area contributed by atoms with Gasteiger partial charge in [0.05, 0.1) is 0 Å². The Hall–Kier alpha value is -0.470. The Morgan fingerprint density at radius 2 is 1.72 bits per heavy atom. The third kappa shape index (κ3) is 5.92. The van der Waals surface area contributed by atoms with E-state index in [0.717, 1.165) is 19.4 Å². The summed E-state index contributed by atoms with van der Waals surface area (Å²) in [5.74, 6) is 2.42. The predicted molar refractivity (Wildman–Crippen MR) is 84.6 cm³/mol. The van der Waals surface area contributed by atoms with Gasteiger partial charge in [-0.05, 0) is 42.7 Å². The van der Waals surface area contributed by atoms with E-state index in [1.807, 2.05) is 11.8 Å². The van der Waals surface area contributed by atoms with Crippen molar-refractivity contribution in [1.29, 1.82) is 0 Å². The van der Waals surface area contributed by atoms with Gasteiger partial charge in [-0.1, -0.05) is 45.0 Å². The van der Waals surface area contributed by atoms with Crippen molar-refractivity contribution in [3.63, 3.8) is 0 Å². The van der Waals surface area contributed by atoms with Crippen molar-refractivity contribution in [2.45, 2.75) is 46.1 Å². The fraction of sp³-hybridized carbons (Fsp3) is 0.625. The first-order valence-corrected chi connectivity index (χ1v) is 8.34. The van der Waals surface area contributed by atoms with E-state index in [0.29, 0.717) is 6.04 Å². The van der Waals surface area contributed by atoms with Gasteiger partial charge in [-0.25, -0.2) is 0 Å². The number of aryl methyl sites for hydroxylation is 1. The average Bonchev–Trinajstić information content (AvgIpc) is 2.42. The maximum atomic E-state index is 3.66. The van der Waals surface area contributed by atoms with Crippen molar-refractivity contribution < 1.29 is 0 Å².